The van der Waals surface area contributed by atoms with Crippen molar-refractivity contribution in [1.29, 1.82) is 0 Å². The van der Waals surface area contributed by atoms with Crippen LogP contribution >= 0.6 is 11.6 Å². The Labute approximate surface area is 102 Å². The van der Waals surface area contributed by atoms with Crippen LogP contribution in [0.2, 0.25) is 0 Å². The van der Waals surface area contributed by atoms with Gasteiger partial charge in [0.2, 0.25) is 0 Å². The van der Waals surface area contributed by atoms with E-state index >= 15 is 0 Å². The van der Waals surface area contributed by atoms with Gasteiger partial charge in [-0.25, -0.2) is 4.39 Å². The third-order valence-corrected chi connectivity index (χ3v) is 2.64. The van der Waals surface area contributed by atoms with Crippen molar-refractivity contribution in [3.05, 3.63) is 40.7 Å². The lowest BCUT2D eigenvalue weighted by atomic mass is 10.1. The standard InChI is InChI=1S/C12H11ClF4/c1-2-8(7-13)5-9-3-4-11(14)10(6-9)12(15,16)17/h3-6H,2,7H2,1H3/b8-5-. The highest BCUT2D eigenvalue weighted by atomic mass is 35.5. The van der Waals surface area contributed by atoms with Gasteiger partial charge in [0, 0.05) is 5.88 Å². The summed E-state index contributed by atoms with van der Waals surface area (Å²) in [5.41, 5.74) is -0.154. The summed E-state index contributed by atoms with van der Waals surface area (Å²) in [4.78, 5) is 0. The first-order valence-electron chi connectivity index (χ1n) is 5.00. The van der Waals surface area contributed by atoms with Crippen LogP contribution in [-0.2, 0) is 6.18 Å². The molecule has 0 bridgehead atoms. The van der Waals surface area contributed by atoms with E-state index in [1.165, 1.54) is 6.07 Å². The van der Waals surface area contributed by atoms with Gasteiger partial charge in [0.05, 0.1) is 5.56 Å². The van der Waals surface area contributed by atoms with Gasteiger partial charge in [-0.3, -0.25) is 0 Å². The molecule has 0 atom stereocenters. The molecule has 0 nitrogen and oxygen atoms in total. The molecule has 0 aliphatic heterocycles. The number of hydrogen-bond acceptors (Lipinski definition) is 0. The third kappa shape index (κ3) is 3.73. The summed E-state index contributed by atoms with van der Waals surface area (Å²) in [6.45, 7) is 1.85. The van der Waals surface area contributed by atoms with Gasteiger partial charge >= 0.3 is 6.18 Å². The quantitative estimate of drug-likeness (QED) is 0.540. The molecule has 0 saturated carbocycles. The molecule has 0 radical (unpaired) electrons. The SMILES string of the molecule is CC/C(=C/c1ccc(F)c(C(F)(F)F)c1)CCl. The Morgan fingerprint density at radius 1 is 1.35 bits per heavy atom. The second kappa shape index (κ2) is 5.54. The van der Waals surface area contributed by atoms with Crippen molar-refractivity contribution in [2.24, 2.45) is 0 Å². The van der Waals surface area contributed by atoms with Crippen LogP contribution in [0.15, 0.2) is 23.8 Å². The molecule has 1 aromatic rings. The van der Waals surface area contributed by atoms with Gasteiger partial charge in [0.15, 0.2) is 0 Å². The highest BCUT2D eigenvalue weighted by Gasteiger charge is 2.33. The van der Waals surface area contributed by atoms with Crippen molar-refractivity contribution in [2.45, 2.75) is 19.5 Å². The minimum atomic E-state index is -4.68. The molecule has 1 aromatic carbocycles. The second-order valence-corrected chi connectivity index (χ2v) is 3.79. The van der Waals surface area contributed by atoms with Gasteiger partial charge in [0.1, 0.15) is 5.82 Å². The lowest BCUT2D eigenvalue weighted by Gasteiger charge is -2.09. The van der Waals surface area contributed by atoms with Crippen LogP contribution in [0, 0.1) is 5.82 Å². The first kappa shape index (κ1) is 14.0. The number of halogens is 5. The maximum Gasteiger partial charge on any atom is 0.419 e. The molecular formula is C12H11ClF4. The molecule has 0 amide bonds. The Kier molecular flexibility index (Phi) is 4.57. The van der Waals surface area contributed by atoms with E-state index in [-0.39, 0.29) is 5.88 Å². The molecule has 0 unspecified atom stereocenters. The Hall–Kier alpha value is -1.03. The van der Waals surface area contributed by atoms with Crippen LogP contribution in [0.25, 0.3) is 6.08 Å². The summed E-state index contributed by atoms with van der Waals surface area (Å²) in [6.07, 6.45) is -2.49. The summed E-state index contributed by atoms with van der Waals surface area (Å²) in [7, 11) is 0. The fourth-order valence-electron chi connectivity index (χ4n) is 1.32. The van der Waals surface area contributed by atoms with E-state index in [1.807, 2.05) is 6.92 Å². The normalized spacial score (nSPS) is 12.9. The van der Waals surface area contributed by atoms with Crippen LogP contribution in [0.3, 0.4) is 0 Å². The van der Waals surface area contributed by atoms with Crippen molar-refractivity contribution in [1.82, 2.24) is 0 Å². The maximum atomic E-state index is 13.0. The number of alkyl halides is 4. The molecule has 0 aromatic heterocycles. The van der Waals surface area contributed by atoms with Gasteiger partial charge in [0.25, 0.3) is 0 Å². The first-order chi connectivity index (χ1) is 7.88. The smallest absolute Gasteiger partial charge is 0.206 e. The summed E-state index contributed by atoms with van der Waals surface area (Å²) in [6, 6.07) is 2.90. The maximum absolute atomic E-state index is 13.0. The average molecular weight is 267 g/mol. The Balaban J connectivity index is 3.18. The van der Waals surface area contributed by atoms with Crippen LogP contribution < -0.4 is 0 Å². The topological polar surface area (TPSA) is 0 Å². The fraction of sp³-hybridized carbons (Fsp3) is 0.333. The van der Waals surface area contributed by atoms with Crippen LogP contribution in [0.4, 0.5) is 17.6 Å². The molecule has 1 rings (SSSR count). The zero-order valence-electron chi connectivity index (χ0n) is 9.11. The number of hydrogen-bond donors (Lipinski definition) is 0. The second-order valence-electron chi connectivity index (χ2n) is 3.53. The summed E-state index contributed by atoms with van der Waals surface area (Å²) >= 11 is 5.61. The molecular weight excluding hydrogens is 256 g/mol. The lowest BCUT2D eigenvalue weighted by Crippen LogP contribution is -2.08. The van der Waals surface area contributed by atoms with E-state index in [4.69, 9.17) is 11.6 Å². The van der Waals surface area contributed by atoms with Gasteiger partial charge in [-0.05, 0) is 24.1 Å². The summed E-state index contributed by atoms with van der Waals surface area (Å²) in [5.74, 6) is -1.02. The Bertz CT molecular complexity index is 415. The van der Waals surface area contributed by atoms with Gasteiger partial charge in [-0.2, -0.15) is 13.2 Å². The third-order valence-electron chi connectivity index (χ3n) is 2.29. The van der Waals surface area contributed by atoms with E-state index in [1.54, 1.807) is 6.08 Å². The highest BCUT2D eigenvalue weighted by Crippen LogP contribution is 2.32. The zero-order chi connectivity index (χ0) is 13.1. The number of allylic oxidation sites excluding steroid dienone is 1. The van der Waals surface area contributed by atoms with Gasteiger partial charge < -0.3 is 0 Å². The molecule has 0 aliphatic rings. The zero-order valence-corrected chi connectivity index (χ0v) is 9.87. The highest BCUT2D eigenvalue weighted by molar-refractivity contribution is 6.19. The molecule has 17 heavy (non-hydrogen) atoms. The van der Waals surface area contributed by atoms with Crippen molar-refractivity contribution in [3.63, 3.8) is 0 Å². The number of rotatable bonds is 3. The molecule has 0 heterocycles. The van der Waals surface area contributed by atoms with Gasteiger partial charge in [-0.15, -0.1) is 11.6 Å². The van der Waals surface area contributed by atoms with Crippen LogP contribution in [-0.4, -0.2) is 5.88 Å². The van der Waals surface area contributed by atoms with E-state index in [2.05, 4.69) is 0 Å². The average Bonchev–Trinajstić information content (AvgIpc) is 2.26. The van der Waals surface area contributed by atoms with Gasteiger partial charge in [-0.1, -0.05) is 24.6 Å². The van der Waals surface area contributed by atoms with Crippen molar-refractivity contribution < 1.29 is 17.6 Å². The van der Waals surface area contributed by atoms with Crippen molar-refractivity contribution in [2.75, 3.05) is 5.88 Å². The monoisotopic (exact) mass is 266 g/mol. The summed E-state index contributed by atoms with van der Waals surface area (Å²) < 4.78 is 50.3. The molecule has 0 fully saturated rings. The molecule has 94 valence electrons. The van der Waals surface area contributed by atoms with E-state index in [9.17, 15) is 17.6 Å². The fourth-order valence-corrected chi connectivity index (χ4v) is 1.59. The molecule has 0 saturated heterocycles. The predicted octanol–water partition coefficient (Wildman–Crippen LogP) is 4.88. The summed E-state index contributed by atoms with van der Waals surface area (Å²) in [5, 5.41) is 0. The first-order valence-corrected chi connectivity index (χ1v) is 5.54. The molecule has 5 heteroatoms. The number of benzene rings is 1. The molecule has 0 spiro atoms. The van der Waals surface area contributed by atoms with Crippen molar-refractivity contribution >= 4 is 17.7 Å². The predicted molar refractivity (Wildman–Crippen MR) is 60.4 cm³/mol. The van der Waals surface area contributed by atoms with Crippen LogP contribution in [0.5, 0.6) is 0 Å². The lowest BCUT2D eigenvalue weighted by molar-refractivity contribution is -0.140. The minimum Gasteiger partial charge on any atom is -0.206 e. The van der Waals surface area contributed by atoms with Crippen molar-refractivity contribution in [3.8, 4) is 0 Å². The Morgan fingerprint density at radius 3 is 2.47 bits per heavy atom. The Morgan fingerprint density at radius 2 is 2.00 bits per heavy atom. The largest absolute Gasteiger partial charge is 0.419 e. The molecule has 0 aliphatic carbocycles. The van der Waals surface area contributed by atoms with E-state index < -0.39 is 17.6 Å². The van der Waals surface area contributed by atoms with Crippen LogP contribution in [0.1, 0.15) is 24.5 Å². The van der Waals surface area contributed by atoms with E-state index in [0.29, 0.717) is 12.0 Å². The minimum absolute atomic E-state index is 0.245. The molecule has 0 N–H and O–H groups in total. The van der Waals surface area contributed by atoms with E-state index in [0.717, 1.165) is 17.7 Å².